The van der Waals surface area contributed by atoms with Gasteiger partial charge in [-0.1, -0.05) is 30.2 Å². The molecule has 1 aliphatic rings. The van der Waals surface area contributed by atoms with Crippen molar-refractivity contribution < 1.29 is 8.42 Å². The predicted molar refractivity (Wildman–Crippen MR) is 135 cm³/mol. The van der Waals surface area contributed by atoms with Gasteiger partial charge >= 0.3 is 0 Å². The summed E-state index contributed by atoms with van der Waals surface area (Å²) in [5.41, 5.74) is 3.73. The van der Waals surface area contributed by atoms with Crippen LogP contribution < -0.4 is 10.6 Å². The molecule has 2 N–H and O–H groups in total. The molecule has 1 aromatic carbocycles. The van der Waals surface area contributed by atoms with Crippen LogP contribution in [-0.2, 0) is 23.1 Å². The van der Waals surface area contributed by atoms with Crippen LogP contribution in [0.2, 0.25) is 0 Å². The Labute approximate surface area is 201 Å². The van der Waals surface area contributed by atoms with Crippen LogP contribution in [0.15, 0.2) is 39.5 Å². The predicted octanol–water partition coefficient (Wildman–Crippen LogP) is 4.02. The number of hydrogen-bond donors (Lipinski definition) is 2. The van der Waals surface area contributed by atoms with Crippen molar-refractivity contribution >= 4 is 51.3 Å². The van der Waals surface area contributed by atoms with Gasteiger partial charge in [-0.25, -0.2) is 8.42 Å². The largest absolute Gasteiger partial charge is 0.352 e. The van der Waals surface area contributed by atoms with Gasteiger partial charge in [0, 0.05) is 31.6 Å². The Kier molecular flexibility index (Phi) is 9.58. The first-order valence-electron chi connectivity index (χ1n) is 9.99. The van der Waals surface area contributed by atoms with Gasteiger partial charge in [-0.05, 0) is 49.9 Å². The third-order valence-corrected chi connectivity index (χ3v) is 8.60. The molecular weight excluding hydrogens is 531 g/mol. The summed E-state index contributed by atoms with van der Waals surface area (Å²) in [6.45, 7) is 6.67. The van der Waals surface area contributed by atoms with E-state index >= 15 is 0 Å². The highest BCUT2D eigenvalue weighted by Gasteiger charge is 2.27. The van der Waals surface area contributed by atoms with E-state index < -0.39 is 10.0 Å². The highest BCUT2D eigenvalue weighted by Crippen LogP contribution is 2.27. The van der Waals surface area contributed by atoms with Crippen LogP contribution in [0, 0.1) is 13.8 Å². The molecule has 0 unspecified atom stereocenters. The second kappa shape index (κ2) is 11.4. The molecule has 0 saturated carbocycles. The fourth-order valence-corrected chi connectivity index (χ4v) is 6.41. The van der Waals surface area contributed by atoms with Crippen molar-refractivity contribution in [3.8, 4) is 0 Å². The van der Waals surface area contributed by atoms with E-state index in [9.17, 15) is 8.42 Å². The number of piperidine rings is 1. The van der Waals surface area contributed by atoms with Gasteiger partial charge in [0.2, 0.25) is 0 Å². The Bertz CT molecular complexity index is 967. The van der Waals surface area contributed by atoms with Crippen LogP contribution in [0.5, 0.6) is 0 Å². The van der Waals surface area contributed by atoms with Crippen molar-refractivity contribution in [2.24, 2.45) is 4.99 Å². The quantitative estimate of drug-likeness (QED) is 0.317. The summed E-state index contributed by atoms with van der Waals surface area (Å²) in [5, 5.41) is 6.59. The van der Waals surface area contributed by atoms with Crippen LogP contribution in [0.25, 0.3) is 0 Å². The lowest BCUT2D eigenvalue weighted by Gasteiger charge is -2.25. The lowest BCUT2D eigenvalue weighted by molar-refractivity contribution is 0.347. The number of sulfonamides is 1. The van der Waals surface area contributed by atoms with Gasteiger partial charge in [-0.15, -0.1) is 35.3 Å². The average molecular weight is 563 g/mol. The number of hydrogen-bond acceptors (Lipinski definition) is 4. The first-order chi connectivity index (χ1) is 13.9. The number of halogens is 1. The van der Waals surface area contributed by atoms with E-state index in [4.69, 9.17) is 0 Å². The monoisotopic (exact) mass is 562 g/mol. The van der Waals surface area contributed by atoms with E-state index in [1.807, 2.05) is 6.07 Å². The third-order valence-electron chi connectivity index (χ3n) is 5.14. The summed E-state index contributed by atoms with van der Waals surface area (Å²) in [5.74, 6) is 0.693. The van der Waals surface area contributed by atoms with Gasteiger partial charge in [-0.3, -0.25) is 4.99 Å². The molecule has 0 bridgehead atoms. The Morgan fingerprint density at radius 3 is 2.43 bits per heavy atom. The molecule has 6 nitrogen and oxygen atoms in total. The molecular formula is C21H31IN4O2S2. The van der Waals surface area contributed by atoms with E-state index in [1.54, 1.807) is 17.4 Å². The molecule has 1 aromatic heterocycles. The van der Waals surface area contributed by atoms with Crippen LogP contribution in [0.1, 0.15) is 40.8 Å². The first kappa shape index (κ1) is 25.1. The molecule has 166 valence electrons. The molecule has 1 aliphatic heterocycles. The summed E-state index contributed by atoms with van der Waals surface area (Å²) < 4.78 is 27.6. The van der Waals surface area contributed by atoms with Crippen LogP contribution in [0.4, 0.5) is 0 Å². The van der Waals surface area contributed by atoms with Gasteiger partial charge < -0.3 is 10.6 Å². The molecule has 0 amide bonds. The molecule has 0 aliphatic carbocycles. The molecule has 1 saturated heterocycles. The number of guanidine groups is 1. The Hall–Kier alpha value is -1.17. The van der Waals surface area contributed by atoms with Crippen LogP contribution in [-0.4, -0.2) is 38.8 Å². The van der Waals surface area contributed by atoms with E-state index in [2.05, 4.69) is 47.7 Å². The first-order valence-corrected chi connectivity index (χ1v) is 12.3. The molecule has 0 radical (unpaired) electrons. The normalized spacial score (nSPS) is 15.5. The van der Waals surface area contributed by atoms with Crippen LogP contribution >= 0.6 is 35.3 Å². The zero-order valence-electron chi connectivity index (χ0n) is 17.8. The molecule has 1 fully saturated rings. The van der Waals surface area contributed by atoms with E-state index in [-0.39, 0.29) is 24.0 Å². The maximum Gasteiger partial charge on any atom is 0.252 e. The zero-order chi connectivity index (χ0) is 20.9. The molecule has 2 heterocycles. The minimum atomic E-state index is -3.36. The molecule has 0 atom stereocenters. The van der Waals surface area contributed by atoms with E-state index in [1.165, 1.54) is 28.0 Å². The molecule has 9 heteroatoms. The number of thiophene rings is 1. The second-order valence-electron chi connectivity index (χ2n) is 7.39. The number of aliphatic imine (C=N–C) groups is 1. The summed E-state index contributed by atoms with van der Waals surface area (Å²) >= 11 is 1.33. The van der Waals surface area contributed by atoms with Gasteiger partial charge in [0.25, 0.3) is 10.0 Å². The fourth-order valence-electron chi connectivity index (χ4n) is 3.44. The molecule has 0 spiro atoms. The standard InChI is InChI=1S/C21H30N4O2S2.HI/c1-16-7-8-18(17(2)13-16)14-23-21(22-3)24-15-19-9-10-20(28-19)29(26,27)25-11-5-4-6-12-25;/h7-10,13H,4-6,11-12,14-15H2,1-3H3,(H2,22,23,24);1H. The Morgan fingerprint density at radius 2 is 1.77 bits per heavy atom. The maximum atomic E-state index is 12.8. The smallest absolute Gasteiger partial charge is 0.252 e. The molecule has 3 rings (SSSR count). The lowest BCUT2D eigenvalue weighted by Crippen LogP contribution is -2.36. The maximum absolute atomic E-state index is 12.8. The van der Waals surface area contributed by atoms with Gasteiger partial charge in [0.05, 0.1) is 6.54 Å². The minimum absolute atomic E-state index is 0. The van der Waals surface area contributed by atoms with Crippen molar-refractivity contribution in [3.05, 3.63) is 51.9 Å². The third kappa shape index (κ3) is 6.41. The Morgan fingerprint density at radius 1 is 1.07 bits per heavy atom. The summed E-state index contributed by atoms with van der Waals surface area (Å²) in [6.07, 6.45) is 3.00. The highest BCUT2D eigenvalue weighted by atomic mass is 127. The van der Waals surface area contributed by atoms with Crippen molar-refractivity contribution in [3.63, 3.8) is 0 Å². The summed E-state index contributed by atoms with van der Waals surface area (Å²) in [7, 11) is -1.63. The Balaban J connectivity index is 0.00000320. The van der Waals surface area contributed by atoms with Crippen LogP contribution in [0.3, 0.4) is 0 Å². The lowest BCUT2D eigenvalue weighted by atomic mass is 10.1. The molecule has 30 heavy (non-hydrogen) atoms. The number of rotatable bonds is 6. The number of nitrogens with zero attached hydrogens (tertiary/aromatic N) is 2. The topological polar surface area (TPSA) is 73.8 Å². The summed E-state index contributed by atoms with van der Waals surface area (Å²) in [6, 6.07) is 10.0. The second-order valence-corrected chi connectivity index (χ2v) is 10.7. The SMILES string of the molecule is CN=C(NCc1ccc(S(=O)(=O)N2CCCCC2)s1)NCc1ccc(C)cc1C.I. The number of benzene rings is 1. The van der Waals surface area contributed by atoms with E-state index in [0.29, 0.717) is 36.3 Å². The number of nitrogens with one attached hydrogen (secondary N) is 2. The van der Waals surface area contributed by atoms with Gasteiger partial charge in [0.15, 0.2) is 5.96 Å². The van der Waals surface area contributed by atoms with Gasteiger partial charge in [-0.2, -0.15) is 4.31 Å². The summed E-state index contributed by atoms with van der Waals surface area (Å²) in [4.78, 5) is 5.23. The highest BCUT2D eigenvalue weighted by molar-refractivity contribution is 14.0. The van der Waals surface area contributed by atoms with Crippen molar-refractivity contribution in [2.75, 3.05) is 20.1 Å². The van der Waals surface area contributed by atoms with Gasteiger partial charge in [0.1, 0.15) is 4.21 Å². The number of aryl methyl sites for hydroxylation is 2. The fraction of sp³-hybridized carbons (Fsp3) is 0.476. The molecule has 2 aromatic rings. The van der Waals surface area contributed by atoms with Crippen molar-refractivity contribution in [1.82, 2.24) is 14.9 Å². The van der Waals surface area contributed by atoms with E-state index in [0.717, 1.165) is 24.1 Å². The van der Waals surface area contributed by atoms with Crippen molar-refractivity contribution in [2.45, 2.75) is 50.4 Å². The minimum Gasteiger partial charge on any atom is -0.352 e. The van der Waals surface area contributed by atoms with Crippen molar-refractivity contribution in [1.29, 1.82) is 0 Å². The average Bonchev–Trinajstić information content (AvgIpc) is 3.20. The zero-order valence-corrected chi connectivity index (χ0v) is 21.7.